The van der Waals surface area contributed by atoms with Crippen LogP contribution in [0.1, 0.15) is 27.2 Å². The average molecular weight is 269 g/mol. The van der Waals surface area contributed by atoms with Gasteiger partial charge in [-0.25, -0.2) is 0 Å². The molecule has 0 aromatic carbocycles. The highest BCUT2D eigenvalue weighted by atomic mass is 16.5. The van der Waals surface area contributed by atoms with Crippen LogP contribution in [0.4, 0.5) is 0 Å². The Balaban J connectivity index is 1.83. The van der Waals surface area contributed by atoms with Crippen LogP contribution < -0.4 is 5.73 Å². The number of piperidine rings is 1. The molecule has 110 valence electrons. The first-order chi connectivity index (χ1) is 8.95. The molecule has 0 aliphatic carbocycles. The summed E-state index contributed by atoms with van der Waals surface area (Å²) in [6, 6.07) is 0.198. The van der Waals surface area contributed by atoms with Crippen molar-refractivity contribution >= 4 is 5.91 Å². The zero-order chi connectivity index (χ0) is 14.0. The number of hydrogen-bond donors (Lipinski definition) is 1. The van der Waals surface area contributed by atoms with Crippen molar-refractivity contribution < 1.29 is 9.53 Å². The van der Waals surface area contributed by atoms with Crippen molar-refractivity contribution in [3.05, 3.63) is 0 Å². The van der Waals surface area contributed by atoms with E-state index in [-0.39, 0.29) is 24.2 Å². The molecule has 0 spiro atoms. The number of amides is 1. The number of ether oxygens (including phenoxy) is 1. The van der Waals surface area contributed by atoms with E-state index in [0.717, 1.165) is 19.5 Å². The molecule has 0 bridgehead atoms. The Bertz CT molecular complexity index is 314. The van der Waals surface area contributed by atoms with E-state index >= 15 is 0 Å². The highest BCUT2D eigenvalue weighted by Gasteiger charge is 2.29. The Morgan fingerprint density at radius 3 is 2.42 bits per heavy atom. The van der Waals surface area contributed by atoms with Crippen molar-refractivity contribution in [1.82, 2.24) is 9.80 Å². The number of hydrogen-bond acceptors (Lipinski definition) is 4. The zero-order valence-electron chi connectivity index (χ0n) is 12.3. The molecule has 0 saturated carbocycles. The van der Waals surface area contributed by atoms with Gasteiger partial charge in [0, 0.05) is 25.7 Å². The molecule has 2 fully saturated rings. The molecule has 0 radical (unpaired) electrons. The van der Waals surface area contributed by atoms with Gasteiger partial charge in [-0.1, -0.05) is 6.92 Å². The molecule has 19 heavy (non-hydrogen) atoms. The van der Waals surface area contributed by atoms with E-state index in [9.17, 15) is 4.79 Å². The van der Waals surface area contributed by atoms with E-state index in [1.807, 2.05) is 18.7 Å². The minimum Gasteiger partial charge on any atom is -0.372 e. The minimum atomic E-state index is 0.135. The van der Waals surface area contributed by atoms with Gasteiger partial charge in [0.25, 0.3) is 0 Å². The van der Waals surface area contributed by atoms with Crippen LogP contribution in [0, 0.1) is 5.92 Å². The van der Waals surface area contributed by atoms with E-state index in [1.54, 1.807) is 0 Å². The monoisotopic (exact) mass is 269 g/mol. The SMILES string of the molecule is CC1CN(C(=O)CN2CCC(C)C(N)C2)CC(C)O1. The quantitative estimate of drug-likeness (QED) is 0.783. The van der Waals surface area contributed by atoms with Gasteiger partial charge in [-0.15, -0.1) is 0 Å². The maximum atomic E-state index is 12.3. The minimum absolute atomic E-state index is 0.135. The van der Waals surface area contributed by atoms with Gasteiger partial charge in [0.1, 0.15) is 0 Å². The van der Waals surface area contributed by atoms with E-state index in [1.165, 1.54) is 0 Å². The van der Waals surface area contributed by atoms with Gasteiger partial charge in [-0.2, -0.15) is 0 Å². The van der Waals surface area contributed by atoms with E-state index < -0.39 is 0 Å². The third-order valence-electron chi connectivity index (χ3n) is 4.23. The molecule has 0 aromatic rings. The Morgan fingerprint density at radius 2 is 1.84 bits per heavy atom. The summed E-state index contributed by atoms with van der Waals surface area (Å²) in [6.45, 7) is 9.97. The van der Waals surface area contributed by atoms with Crippen molar-refractivity contribution in [2.45, 2.75) is 45.4 Å². The molecule has 2 N–H and O–H groups in total. The second-order valence-electron chi connectivity index (χ2n) is 6.22. The van der Waals surface area contributed by atoms with Gasteiger partial charge in [-0.05, 0) is 32.7 Å². The van der Waals surface area contributed by atoms with Gasteiger partial charge >= 0.3 is 0 Å². The predicted octanol–water partition coefficient (Wildman–Crippen LogP) is 0.291. The van der Waals surface area contributed by atoms with Crippen molar-refractivity contribution in [2.75, 3.05) is 32.7 Å². The molecule has 2 saturated heterocycles. The highest BCUT2D eigenvalue weighted by Crippen LogP contribution is 2.16. The lowest BCUT2D eigenvalue weighted by Crippen LogP contribution is -2.54. The summed E-state index contributed by atoms with van der Waals surface area (Å²) >= 11 is 0. The topological polar surface area (TPSA) is 58.8 Å². The lowest BCUT2D eigenvalue weighted by Gasteiger charge is -2.38. The summed E-state index contributed by atoms with van der Waals surface area (Å²) in [7, 11) is 0. The second kappa shape index (κ2) is 6.20. The van der Waals surface area contributed by atoms with Crippen molar-refractivity contribution in [1.29, 1.82) is 0 Å². The molecule has 1 amide bonds. The van der Waals surface area contributed by atoms with Crippen LogP contribution in [0.25, 0.3) is 0 Å². The van der Waals surface area contributed by atoms with Crippen molar-refractivity contribution in [3.8, 4) is 0 Å². The number of nitrogens with two attached hydrogens (primary N) is 1. The van der Waals surface area contributed by atoms with Gasteiger partial charge in [0.2, 0.25) is 5.91 Å². The molecule has 2 aliphatic rings. The van der Waals surface area contributed by atoms with E-state index in [4.69, 9.17) is 10.5 Å². The van der Waals surface area contributed by atoms with E-state index in [2.05, 4.69) is 11.8 Å². The molecule has 5 heteroatoms. The summed E-state index contributed by atoms with van der Waals surface area (Å²) in [4.78, 5) is 16.5. The summed E-state index contributed by atoms with van der Waals surface area (Å²) < 4.78 is 5.66. The number of rotatable bonds is 2. The smallest absolute Gasteiger partial charge is 0.236 e. The van der Waals surface area contributed by atoms with E-state index in [0.29, 0.717) is 25.6 Å². The molecule has 5 nitrogen and oxygen atoms in total. The first-order valence-electron chi connectivity index (χ1n) is 7.37. The maximum absolute atomic E-state index is 12.3. The second-order valence-corrected chi connectivity index (χ2v) is 6.22. The van der Waals surface area contributed by atoms with Crippen LogP contribution >= 0.6 is 0 Å². The fourth-order valence-electron chi connectivity index (χ4n) is 2.99. The maximum Gasteiger partial charge on any atom is 0.236 e. The van der Waals surface area contributed by atoms with Crippen LogP contribution in [-0.2, 0) is 9.53 Å². The normalized spacial score (nSPS) is 37.4. The molecule has 2 rings (SSSR count). The summed E-state index contributed by atoms with van der Waals surface area (Å²) in [6.07, 6.45) is 1.36. The number of carbonyl (C=O) groups excluding carboxylic acids is 1. The lowest BCUT2D eigenvalue weighted by atomic mass is 9.94. The Kier molecular flexibility index (Phi) is 4.81. The first kappa shape index (κ1) is 14.8. The van der Waals surface area contributed by atoms with Gasteiger partial charge < -0.3 is 15.4 Å². The standard InChI is InChI=1S/C14H27N3O2/c1-10-4-5-16(8-13(10)15)9-14(18)17-6-11(2)19-12(3)7-17/h10-13H,4-9,15H2,1-3H3. The van der Waals surface area contributed by atoms with Crippen LogP contribution in [0.15, 0.2) is 0 Å². The molecule has 2 heterocycles. The third-order valence-corrected chi connectivity index (χ3v) is 4.23. The summed E-state index contributed by atoms with van der Waals surface area (Å²) in [5.41, 5.74) is 6.08. The van der Waals surface area contributed by atoms with Gasteiger partial charge in [-0.3, -0.25) is 9.69 Å². The highest BCUT2D eigenvalue weighted by molar-refractivity contribution is 5.78. The summed E-state index contributed by atoms with van der Waals surface area (Å²) in [5.74, 6) is 0.776. The van der Waals surface area contributed by atoms with Crippen LogP contribution in [-0.4, -0.2) is 66.7 Å². The lowest BCUT2D eigenvalue weighted by molar-refractivity contribution is -0.144. The van der Waals surface area contributed by atoms with Gasteiger partial charge in [0.05, 0.1) is 18.8 Å². The fraction of sp³-hybridized carbons (Fsp3) is 0.929. The molecule has 4 atom stereocenters. The first-order valence-corrected chi connectivity index (χ1v) is 7.37. The number of nitrogens with zero attached hydrogens (tertiary/aromatic N) is 2. The number of morpholine rings is 1. The average Bonchev–Trinajstić information content (AvgIpc) is 2.32. The zero-order valence-corrected chi connectivity index (χ0v) is 12.3. The third kappa shape index (κ3) is 3.91. The largest absolute Gasteiger partial charge is 0.372 e. The molecular weight excluding hydrogens is 242 g/mol. The van der Waals surface area contributed by atoms with Crippen LogP contribution in [0.2, 0.25) is 0 Å². The molecule has 2 aliphatic heterocycles. The Morgan fingerprint density at radius 1 is 1.21 bits per heavy atom. The van der Waals surface area contributed by atoms with Gasteiger partial charge in [0.15, 0.2) is 0 Å². The number of likely N-dealkylation sites (tertiary alicyclic amines) is 1. The fourth-order valence-corrected chi connectivity index (χ4v) is 2.99. The molecule has 4 unspecified atom stereocenters. The van der Waals surface area contributed by atoms with Crippen LogP contribution in [0.5, 0.6) is 0 Å². The Hall–Kier alpha value is -0.650. The van der Waals surface area contributed by atoms with Crippen molar-refractivity contribution in [3.63, 3.8) is 0 Å². The molecule has 0 aromatic heterocycles. The summed E-state index contributed by atoms with van der Waals surface area (Å²) in [5, 5.41) is 0. The Labute approximate surface area is 116 Å². The predicted molar refractivity (Wildman–Crippen MR) is 74.8 cm³/mol. The van der Waals surface area contributed by atoms with Crippen molar-refractivity contribution in [2.24, 2.45) is 11.7 Å². The molecular formula is C14H27N3O2. The van der Waals surface area contributed by atoms with Crippen LogP contribution in [0.3, 0.4) is 0 Å². The number of carbonyl (C=O) groups is 1.